The summed E-state index contributed by atoms with van der Waals surface area (Å²) in [6.45, 7) is 2.88. The molecule has 2 atom stereocenters. The highest BCUT2D eigenvalue weighted by Gasteiger charge is 2.56. The quantitative estimate of drug-likeness (QED) is 0.611. The Hall–Kier alpha value is -2.68. The third-order valence-corrected chi connectivity index (χ3v) is 7.51. The number of aryl methyl sites for hydroxylation is 1. The number of amides is 2. The van der Waals surface area contributed by atoms with Gasteiger partial charge in [0.25, 0.3) is 5.91 Å². The van der Waals surface area contributed by atoms with Crippen LogP contribution in [0.5, 0.6) is 0 Å². The first-order chi connectivity index (χ1) is 15.5. The van der Waals surface area contributed by atoms with E-state index in [1.54, 1.807) is 31.1 Å². The molecule has 4 fully saturated rings. The number of rotatable bonds is 8. The summed E-state index contributed by atoms with van der Waals surface area (Å²) in [5, 5.41) is 15.5. The smallest absolute Gasteiger partial charge is 0.256 e. The van der Waals surface area contributed by atoms with E-state index in [0.717, 1.165) is 38.5 Å². The molecule has 0 spiro atoms. The molecule has 2 amide bonds. The van der Waals surface area contributed by atoms with Gasteiger partial charge >= 0.3 is 0 Å². The molecule has 9 nitrogen and oxygen atoms in total. The molecule has 0 radical (unpaired) electrons. The van der Waals surface area contributed by atoms with Crippen LogP contribution in [0.15, 0.2) is 24.7 Å². The number of carbonyl (C=O) groups is 2. The van der Waals surface area contributed by atoms with E-state index in [4.69, 9.17) is 4.74 Å². The second-order valence-electron chi connectivity index (χ2n) is 9.83. The molecule has 4 saturated carbocycles. The zero-order valence-electron chi connectivity index (χ0n) is 18.8. The Labute approximate surface area is 187 Å². The number of aromatic nitrogens is 4. The van der Waals surface area contributed by atoms with Gasteiger partial charge in [-0.2, -0.15) is 10.2 Å². The number of nitrogens with zero attached hydrogens (tertiary/aromatic N) is 4. The van der Waals surface area contributed by atoms with E-state index >= 15 is 0 Å². The Kier molecular flexibility index (Phi) is 5.53. The molecule has 0 aromatic carbocycles. The molecule has 4 aliphatic carbocycles. The summed E-state index contributed by atoms with van der Waals surface area (Å²) >= 11 is 0. The summed E-state index contributed by atoms with van der Waals surface area (Å²) in [5.74, 6) is 2.10. The molecule has 2 unspecified atom stereocenters. The lowest BCUT2D eigenvalue weighted by molar-refractivity contribution is -0.125. The molecule has 4 aliphatic rings. The number of nitrogens with one attached hydrogen (secondary N) is 2. The van der Waals surface area contributed by atoms with E-state index in [1.807, 2.05) is 16.9 Å². The SMILES string of the molecule is COCCCn1ncc(C(=O)NC2C3CC4CC2CC(NC(C)=O)(C4)C3)c1-n1cccn1. The lowest BCUT2D eigenvalue weighted by Gasteiger charge is -2.60. The normalized spacial score (nSPS) is 30.4. The van der Waals surface area contributed by atoms with Crippen molar-refractivity contribution in [2.45, 2.75) is 63.6 Å². The van der Waals surface area contributed by atoms with Gasteiger partial charge in [0.05, 0.1) is 6.20 Å². The van der Waals surface area contributed by atoms with Crippen molar-refractivity contribution in [2.24, 2.45) is 17.8 Å². The fourth-order valence-electron chi connectivity index (χ4n) is 6.71. The molecule has 2 aromatic rings. The molecular weight excluding hydrogens is 408 g/mol. The predicted molar refractivity (Wildman–Crippen MR) is 117 cm³/mol. The van der Waals surface area contributed by atoms with Crippen molar-refractivity contribution in [1.82, 2.24) is 30.2 Å². The number of ether oxygens (including phenoxy) is 1. The lowest BCUT2D eigenvalue weighted by Crippen LogP contribution is -2.66. The maximum absolute atomic E-state index is 13.5. The van der Waals surface area contributed by atoms with Gasteiger partial charge in [0, 0.05) is 51.2 Å². The highest BCUT2D eigenvalue weighted by molar-refractivity contribution is 5.97. The molecule has 0 saturated heterocycles. The summed E-state index contributed by atoms with van der Waals surface area (Å²) in [4.78, 5) is 25.3. The lowest BCUT2D eigenvalue weighted by atomic mass is 9.51. The number of methoxy groups -OCH3 is 1. The summed E-state index contributed by atoms with van der Waals surface area (Å²) < 4.78 is 8.70. The van der Waals surface area contributed by atoms with Gasteiger partial charge in [-0.15, -0.1) is 0 Å². The van der Waals surface area contributed by atoms with Gasteiger partial charge in [0.15, 0.2) is 5.82 Å². The van der Waals surface area contributed by atoms with Crippen molar-refractivity contribution in [2.75, 3.05) is 13.7 Å². The Morgan fingerprint density at radius 2 is 2.00 bits per heavy atom. The average Bonchev–Trinajstić information content (AvgIpc) is 3.39. The fourth-order valence-corrected chi connectivity index (χ4v) is 6.71. The fraction of sp³-hybridized carbons (Fsp3) is 0.652. The van der Waals surface area contributed by atoms with Crippen LogP contribution in [0.1, 0.15) is 55.8 Å². The van der Waals surface area contributed by atoms with E-state index in [2.05, 4.69) is 20.8 Å². The number of hydrogen-bond donors (Lipinski definition) is 2. The Bertz CT molecular complexity index is 968. The van der Waals surface area contributed by atoms with Crippen LogP contribution in [0.4, 0.5) is 0 Å². The molecule has 2 aromatic heterocycles. The van der Waals surface area contributed by atoms with E-state index in [0.29, 0.717) is 42.3 Å². The van der Waals surface area contributed by atoms with Gasteiger partial charge in [-0.25, -0.2) is 9.36 Å². The molecule has 172 valence electrons. The third kappa shape index (κ3) is 3.83. The van der Waals surface area contributed by atoms with Gasteiger partial charge < -0.3 is 15.4 Å². The van der Waals surface area contributed by atoms with Crippen LogP contribution in [-0.4, -0.2) is 56.7 Å². The van der Waals surface area contributed by atoms with Crippen LogP contribution in [0, 0.1) is 17.8 Å². The summed E-state index contributed by atoms with van der Waals surface area (Å²) in [7, 11) is 1.68. The standard InChI is InChI=1S/C23H32N6O3/c1-15(30)27-23-11-16-9-17(12-23)20(18(10-16)13-23)26-21(31)19-14-25-29(7-4-8-32-2)22(19)28-6-3-5-24-28/h3,5-6,14,16-18,20H,4,7-13H2,1-2H3,(H,26,31)(H,27,30). The minimum atomic E-state index is -0.0976. The van der Waals surface area contributed by atoms with E-state index in [9.17, 15) is 9.59 Å². The van der Waals surface area contributed by atoms with E-state index in [-0.39, 0.29) is 23.4 Å². The number of carbonyl (C=O) groups excluding carboxylic acids is 2. The highest BCUT2D eigenvalue weighted by atomic mass is 16.5. The monoisotopic (exact) mass is 440 g/mol. The van der Waals surface area contributed by atoms with Crippen molar-refractivity contribution in [3.8, 4) is 5.82 Å². The van der Waals surface area contributed by atoms with Crippen molar-refractivity contribution < 1.29 is 14.3 Å². The molecule has 32 heavy (non-hydrogen) atoms. The summed E-state index contributed by atoms with van der Waals surface area (Å²) in [6.07, 6.45) is 11.2. The largest absolute Gasteiger partial charge is 0.385 e. The average molecular weight is 441 g/mol. The first-order valence-corrected chi connectivity index (χ1v) is 11.6. The molecule has 2 heterocycles. The molecule has 0 aliphatic heterocycles. The first-order valence-electron chi connectivity index (χ1n) is 11.6. The molecule has 6 rings (SSSR count). The van der Waals surface area contributed by atoms with Crippen LogP contribution in [0.25, 0.3) is 5.82 Å². The summed E-state index contributed by atoms with van der Waals surface area (Å²) in [6, 6.07) is 1.98. The minimum Gasteiger partial charge on any atom is -0.385 e. The third-order valence-electron chi connectivity index (χ3n) is 7.51. The van der Waals surface area contributed by atoms with Gasteiger partial charge in [0.2, 0.25) is 5.91 Å². The van der Waals surface area contributed by atoms with E-state index in [1.165, 1.54) is 0 Å². The van der Waals surface area contributed by atoms with Gasteiger partial charge in [0.1, 0.15) is 5.56 Å². The Morgan fingerprint density at radius 1 is 1.22 bits per heavy atom. The molecule has 9 heteroatoms. The summed E-state index contributed by atoms with van der Waals surface area (Å²) in [5.41, 5.74) is 0.465. The molecule has 4 bridgehead atoms. The maximum atomic E-state index is 13.5. The number of hydrogen-bond acceptors (Lipinski definition) is 5. The highest BCUT2D eigenvalue weighted by Crippen LogP contribution is 2.55. The second-order valence-corrected chi connectivity index (χ2v) is 9.83. The van der Waals surface area contributed by atoms with Gasteiger partial charge in [-0.1, -0.05) is 0 Å². The Balaban J connectivity index is 1.35. The van der Waals surface area contributed by atoms with Crippen molar-refractivity contribution in [1.29, 1.82) is 0 Å². The first kappa shape index (κ1) is 21.2. The zero-order valence-corrected chi connectivity index (χ0v) is 18.8. The molecular formula is C23H32N6O3. The minimum absolute atomic E-state index is 0.0530. The Morgan fingerprint density at radius 3 is 2.66 bits per heavy atom. The zero-order chi connectivity index (χ0) is 22.3. The van der Waals surface area contributed by atoms with Crippen LogP contribution in [0.3, 0.4) is 0 Å². The van der Waals surface area contributed by atoms with Crippen LogP contribution >= 0.6 is 0 Å². The second kappa shape index (κ2) is 8.35. The van der Waals surface area contributed by atoms with Crippen LogP contribution in [-0.2, 0) is 16.1 Å². The predicted octanol–water partition coefficient (Wildman–Crippen LogP) is 1.92. The molecule has 2 N–H and O–H groups in total. The van der Waals surface area contributed by atoms with Crippen molar-refractivity contribution in [3.05, 3.63) is 30.2 Å². The van der Waals surface area contributed by atoms with Crippen molar-refractivity contribution >= 4 is 11.8 Å². The van der Waals surface area contributed by atoms with E-state index < -0.39 is 0 Å². The topological polar surface area (TPSA) is 103 Å². The maximum Gasteiger partial charge on any atom is 0.256 e. The van der Waals surface area contributed by atoms with Crippen molar-refractivity contribution in [3.63, 3.8) is 0 Å². The van der Waals surface area contributed by atoms with Gasteiger partial charge in [-0.3, -0.25) is 9.59 Å². The van der Waals surface area contributed by atoms with Gasteiger partial charge in [-0.05, 0) is 62.3 Å². The van der Waals surface area contributed by atoms with Crippen LogP contribution in [0.2, 0.25) is 0 Å². The van der Waals surface area contributed by atoms with Crippen LogP contribution < -0.4 is 10.6 Å².